The van der Waals surface area contributed by atoms with Crippen LogP contribution in [-0.4, -0.2) is 51.3 Å². The summed E-state index contributed by atoms with van der Waals surface area (Å²) < 4.78 is 7.79. The van der Waals surface area contributed by atoms with Gasteiger partial charge in [-0.15, -0.1) is 0 Å². The van der Waals surface area contributed by atoms with Crippen molar-refractivity contribution in [1.29, 1.82) is 0 Å². The van der Waals surface area contributed by atoms with Crippen molar-refractivity contribution in [2.24, 2.45) is 0 Å². The molecule has 1 heterocycles. The highest BCUT2D eigenvalue weighted by molar-refractivity contribution is 5.89. The predicted molar refractivity (Wildman–Crippen MR) is 198 cm³/mol. The molecular weight excluding hydrogens is 652 g/mol. The minimum Gasteiger partial charge on any atom is -0.480 e. The van der Waals surface area contributed by atoms with E-state index in [-0.39, 0.29) is 18.9 Å². The number of benzene rings is 5. The third kappa shape index (κ3) is 6.56. The van der Waals surface area contributed by atoms with Crippen molar-refractivity contribution in [2.75, 3.05) is 6.61 Å². The number of carbonyl (C=O) groups is 3. The van der Waals surface area contributed by atoms with E-state index in [1.165, 1.54) is 6.92 Å². The normalized spacial score (nSPS) is 13.3. The highest BCUT2D eigenvalue weighted by Crippen LogP contribution is 2.44. The van der Waals surface area contributed by atoms with Gasteiger partial charge >= 0.3 is 12.1 Å². The number of carboxylic acid groups (broad SMARTS) is 1. The second-order valence-corrected chi connectivity index (χ2v) is 12.9. The van der Waals surface area contributed by atoms with Gasteiger partial charge in [0.05, 0.1) is 12.0 Å². The Kier molecular flexibility index (Phi) is 9.66. The lowest BCUT2D eigenvalue weighted by Gasteiger charge is -2.37. The number of ether oxygens (including phenoxy) is 1. The van der Waals surface area contributed by atoms with Gasteiger partial charge in [-0.05, 0) is 45.9 Å². The van der Waals surface area contributed by atoms with Crippen molar-refractivity contribution in [2.45, 2.75) is 36.9 Å². The van der Waals surface area contributed by atoms with Crippen LogP contribution in [0.25, 0.3) is 11.1 Å². The number of nitrogens with zero attached hydrogens (tertiary/aromatic N) is 2. The summed E-state index contributed by atoms with van der Waals surface area (Å²) >= 11 is 0. The van der Waals surface area contributed by atoms with Crippen LogP contribution in [0.2, 0.25) is 0 Å². The van der Waals surface area contributed by atoms with Crippen LogP contribution < -0.4 is 10.6 Å². The van der Waals surface area contributed by atoms with Gasteiger partial charge in [0.25, 0.3) is 0 Å². The summed E-state index contributed by atoms with van der Waals surface area (Å²) in [5.74, 6) is -2.04. The third-order valence-corrected chi connectivity index (χ3v) is 9.69. The molecule has 0 unspecified atom stereocenters. The van der Waals surface area contributed by atoms with E-state index >= 15 is 0 Å². The van der Waals surface area contributed by atoms with Gasteiger partial charge in [0.2, 0.25) is 5.91 Å². The van der Waals surface area contributed by atoms with Crippen LogP contribution in [0.1, 0.15) is 46.4 Å². The maximum absolute atomic E-state index is 13.6. The number of aromatic nitrogens is 2. The Hall–Kier alpha value is -6.48. The van der Waals surface area contributed by atoms with Gasteiger partial charge in [0.15, 0.2) is 0 Å². The molecule has 0 aliphatic heterocycles. The first-order valence-electron chi connectivity index (χ1n) is 17.2. The quantitative estimate of drug-likeness (QED) is 0.122. The highest BCUT2D eigenvalue weighted by Gasteiger charge is 2.39. The van der Waals surface area contributed by atoms with Gasteiger partial charge in [-0.25, -0.2) is 9.78 Å². The maximum Gasteiger partial charge on any atom is 0.407 e. The molecule has 6 aromatic rings. The monoisotopic (exact) mass is 690 g/mol. The largest absolute Gasteiger partial charge is 0.480 e. The number of nitrogens with one attached hydrogen (secondary N) is 2. The van der Waals surface area contributed by atoms with Gasteiger partial charge in [-0.1, -0.05) is 140 Å². The van der Waals surface area contributed by atoms with Gasteiger partial charge in [-0.2, -0.15) is 0 Å². The summed E-state index contributed by atoms with van der Waals surface area (Å²) in [4.78, 5) is 43.4. The summed E-state index contributed by atoms with van der Waals surface area (Å²) in [5.41, 5.74) is 6.99. The number of fused-ring (bicyclic) bond motifs is 3. The SMILES string of the molecule is C[C@H](NC(=O)[C@H](Cc1cn(C(c2ccccc2)(c2ccccc2)c2ccccc2)cn1)NC(=O)OCC1c2ccccc2-c2ccccc21)C(=O)O. The van der Waals surface area contributed by atoms with Crippen LogP contribution in [0.4, 0.5) is 4.79 Å². The zero-order valence-corrected chi connectivity index (χ0v) is 28.6. The van der Waals surface area contributed by atoms with Crippen LogP contribution in [0, 0.1) is 0 Å². The van der Waals surface area contributed by atoms with Crippen molar-refractivity contribution in [3.63, 3.8) is 0 Å². The number of carbonyl (C=O) groups excluding carboxylic acids is 2. The first-order valence-corrected chi connectivity index (χ1v) is 17.2. The van der Waals surface area contributed by atoms with Crippen molar-refractivity contribution in [3.8, 4) is 11.1 Å². The molecule has 0 bridgehead atoms. The van der Waals surface area contributed by atoms with Crippen molar-refractivity contribution in [3.05, 3.63) is 186 Å². The molecule has 0 saturated heterocycles. The van der Waals surface area contributed by atoms with Gasteiger partial charge < -0.3 is 25.0 Å². The first kappa shape index (κ1) is 34.0. The van der Waals surface area contributed by atoms with Crippen LogP contribution in [0.15, 0.2) is 152 Å². The van der Waals surface area contributed by atoms with Crippen molar-refractivity contribution in [1.82, 2.24) is 20.2 Å². The molecule has 7 rings (SSSR count). The molecule has 0 radical (unpaired) electrons. The van der Waals surface area contributed by atoms with Gasteiger partial charge in [0, 0.05) is 18.5 Å². The Labute approximate surface area is 301 Å². The van der Waals surface area contributed by atoms with Crippen LogP contribution in [-0.2, 0) is 26.3 Å². The summed E-state index contributed by atoms with van der Waals surface area (Å²) in [6.07, 6.45) is 2.78. The molecule has 0 fully saturated rings. The van der Waals surface area contributed by atoms with Gasteiger partial charge in [-0.3, -0.25) is 9.59 Å². The Morgan fingerprint density at radius 2 is 1.21 bits per heavy atom. The Morgan fingerprint density at radius 1 is 0.731 bits per heavy atom. The number of carboxylic acids is 1. The lowest BCUT2D eigenvalue weighted by molar-refractivity contribution is -0.141. The molecule has 2 atom stereocenters. The molecule has 9 nitrogen and oxygen atoms in total. The molecule has 0 spiro atoms. The molecule has 1 aliphatic rings. The van der Waals surface area contributed by atoms with E-state index in [0.29, 0.717) is 5.69 Å². The average molecular weight is 691 g/mol. The molecule has 0 saturated carbocycles. The summed E-state index contributed by atoms with van der Waals surface area (Å²) in [7, 11) is 0. The first-order chi connectivity index (χ1) is 25.4. The fourth-order valence-electron chi connectivity index (χ4n) is 7.21. The molecule has 2 amide bonds. The van der Waals surface area contributed by atoms with E-state index < -0.39 is 35.6 Å². The molecule has 3 N–H and O–H groups in total. The number of aliphatic carboxylic acids is 1. The zero-order chi connectivity index (χ0) is 36.1. The van der Waals surface area contributed by atoms with E-state index in [9.17, 15) is 19.5 Å². The number of amides is 2. The van der Waals surface area contributed by atoms with Crippen LogP contribution in [0.3, 0.4) is 0 Å². The molecule has 52 heavy (non-hydrogen) atoms. The Balaban J connectivity index is 1.18. The van der Waals surface area contributed by atoms with E-state index in [1.807, 2.05) is 102 Å². The smallest absolute Gasteiger partial charge is 0.407 e. The number of alkyl carbamates (subject to hydrolysis) is 1. The minimum atomic E-state index is -1.20. The molecular formula is C43H38N4O5. The zero-order valence-electron chi connectivity index (χ0n) is 28.6. The number of hydrogen-bond acceptors (Lipinski definition) is 5. The van der Waals surface area contributed by atoms with E-state index in [1.54, 1.807) is 6.33 Å². The summed E-state index contributed by atoms with van der Waals surface area (Å²) in [5, 5.41) is 14.7. The number of rotatable bonds is 12. The molecule has 5 aromatic carbocycles. The summed E-state index contributed by atoms with van der Waals surface area (Å²) in [6, 6.07) is 44.0. The predicted octanol–water partition coefficient (Wildman–Crippen LogP) is 6.76. The molecule has 1 aromatic heterocycles. The Bertz CT molecular complexity index is 2040. The van der Waals surface area contributed by atoms with Crippen molar-refractivity contribution < 1.29 is 24.2 Å². The molecule has 260 valence electrons. The number of imidazole rings is 1. The second-order valence-electron chi connectivity index (χ2n) is 12.9. The Morgan fingerprint density at radius 3 is 1.71 bits per heavy atom. The third-order valence-electron chi connectivity index (χ3n) is 9.69. The number of hydrogen-bond donors (Lipinski definition) is 3. The van der Waals surface area contributed by atoms with Gasteiger partial charge in [0.1, 0.15) is 24.2 Å². The second kappa shape index (κ2) is 14.8. The molecule has 9 heteroatoms. The maximum atomic E-state index is 13.6. The van der Waals surface area contributed by atoms with E-state index in [0.717, 1.165) is 38.9 Å². The van der Waals surface area contributed by atoms with E-state index in [4.69, 9.17) is 9.72 Å². The fourth-order valence-corrected chi connectivity index (χ4v) is 7.21. The average Bonchev–Trinajstić information content (AvgIpc) is 3.78. The highest BCUT2D eigenvalue weighted by atomic mass is 16.5. The van der Waals surface area contributed by atoms with Crippen LogP contribution in [0.5, 0.6) is 0 Å². The fraction of sp³-hybridized carbons (Fsp3) is 0.163. The lowest BCUT2D eigenvalue weighted by Crippen LogP contribution is -2.52. The standard InChI is InChI=1S/C43H38N4O5/c1-29(41(49)50)45-40(48)39(46-42(51)52-27-38-36-23-13-11-21-34(36)35-22-12-14-24-37(35)38)25-33-26-47(28-44-33)43(30-15-5-2-6-16-30,31-17-7-3-8-18-31)32-19-9-4-10-20-32/h2-24,26,28-29,38-39H,25,27H2,1H3,(H,45,48)(H,46,51)(H,49,50)/t29-,39-/m0/s1. The summed E-state index contributed by atoms with van der Waals surface area (Å²) in [6.45, 7) is 1.43. The molecule has 1 aliphatic carbocycles. The van der Waals surface area contributed by atoms with Crippen LogP contribution >= 0.6 is 0 Å². The van der Waals surface area contributed by atoms with Crippen molar-refractivity contribution >= 4 is 18.0 Å². The van der Waals surface area contributed by atoms with E-state index in [2.05, 4.69) is 59.2 Å². The lowest BCUT2D eigenvalue weighted by atomic mass is 9.77. The minimum absolute atomic E-state index is 0.0240. The topological polar surface area (TPSA) is 123 Å².